The lowest BCUT2D eigenvalue weighted by molar-refractivity contribution is 0.202. The summed E-state index contributed by atoms with van der Waals surface area (Å²) in [6.45, 7) is 4.82. The van der Waals surface area contributed by atoms with E-state index in [1.807, 2.05) is 34.0 Å². The van der Waals surface area contributed by atoms with Gasteiger partial charge in [-0.1, -0.05) is 0 Å². The van der Waals surface area contributed by atoms with Gasteiger partial charge in [-0.25, -0.2) is 4.68 Å². The van der Waals surface area contributed by atoms with Crippen molar-refractivity contribution in [1.29, 1.82) is 0 Å². The molecule has 74 valence electrons. The second kappa shape index (κ2) is 4.28. The van der Waals surface area contributed by atoms with Crippen LogP contribution in [0.5, 0.6) is 5.88 Å². The average molecular weight is 183 g/mol. The maximum Gasteiger partial charge on any atom is 0.212 e. The molecule has 13 heavy (non-hydrogen) atoms. The number of aromatic nitrogens is 2. The fraction of sp³-hybridized carbons (Fsp3) is 0.667. The topological polar surface area (TPSA) is 39.1 Å². The van der Waals surface area contributed by atoms with Crippen LogP contribution in [-0.2, 0) is 7.05 Å². The van der Waals surface area contributed by atoms with E-state index in [2.05, 4.69) is 10.4 Å². The summed E-state index contributed by atoms with van der Waals surface area (Å²) in [6, 6.07) is 1.94. The summed E-state index contributed by atoms with van der Waals surface area (Å²) in [4.78, 5) is 0. The van der Waals surface area contributed by atoms with Gasteiger partial charge in [-0.15, -0.1) is 0 Å². The second-order valence-electron chi connectivity index (χ2n) is 3.23. The van der Waals surface area contributed by atoms with Crippen LogP contribution in [0.3, 0.4) is 0 Å². The zero-order valence-electron chi connectivity index (χ0n) is 8.66. The first-order valence-electron chi connectivity index (χ1n) is 4.45. The molecule has 0 spiro atoms. The molecule has 1 rings (SSSR count). The van der Waals surface area contributed by atoms with Crippen LogP contribution in [0, 0.1) is 6.92 Å². The minimum Gasteiger partial charge on any atom is -0.473 e. The summed E-state index contributed by atoms with van der Waals surface area (Å²) < 4.78 is 7.40. The summed E-state index contributed by atoms with van der Waals surface area (Å²) >= 11 is 0. The van der Waals surface area contributed by atoms with E-state index in [-0.39, 0.29) is 6.10 Å². The molecule has 1 aromatic rings. The average Bonchev–Trinajstić information content (AvgIpc) is 2.30. The summed E-state index contributed by atoms with van der Waals surface area (Å²) in [5.74, 6) is 0.820. The van der Waals surface area contributed by atoms with Crippen LogP contribution < -0.4 is 10.1 Å². The van der Waals surface area contributed by atoms with Crippen LogP contribution in [0.1, 0.15) is 12.6 Å². The van der Waals surface area contributed by atoms with Crippen LogP contribution in [0.4, 0.5) is 0 Å². The largest absolute Gasteiger partial charge is 0.473 e. The van der Waals surface area contributed by atoms with Crippen molar-refractivity contribution in [2.24, 2.45) is 7.05 Å². The number of aryl methyl sites for hydroxylation is 2. The molecule has 1 heterocycles. The zero-order chi connectivity index (χ0) is 9.84. The molecule has 0 aliphatic heterocycles. The quantitative estimate of drug-likeness (QED) is 0.747. The Kier molecular flexibility index (Phi) is 3.31. The van der Waals surface area contributed by atoms with Gasteiger partial charge in [0.1, 0.15) is 6.10 Å². The van der Waals surface area contributed by atoms with Crippen molar-refractivity contribution in [1.82, 2.24) is 15.1 Å². The van der Waals surface area contributed by atoms with Gasteiger partial charge >= 0.3 is 0 Å². The highest BCUT2D eigenvalue weighted by Gasteiger charge is 2.06. The molecule has 0 aliphatic rings. The van der Waals surface area contributed by atoms with Crippen molar-refractivity contribution in [2.45, 2.75) is 20.0 Å². The molecule has 4 heteroatoms. The van der Waals surface area contributed by atoms with Crippen molar-refractivity contribution in [2.75, 3.05) is 13.6 Å². The predicted octanol–water partition coefficient (Wildman–Crippen LogP) is 0.715. The van der Waals surface area contributed by atoms with E-state index in [1.165, 1.54) is 0 Å². The van der Waals surface area contributed by atoms with Gasteiger partial charge in [-0.05, 0) is 20.9 Å². The Morgan fingerprint density at radius 3 is 2.85 bits per heavy atom. The summed E-state index contributed by atoms with van der Waals surface area (Å²) in [5.41, 5.74) is 0.981. The summed E-state index contributed by atoms with van der Waals surface area (Å²) in [7, 11) is 3.79. The Hall–Kier alpha value is -1.03. The molecular formula is C9H17N3O. The standard InChI is InChI=1S/C9H17N3O/c1-7-5-9(12(4)11-7)13-8(2)6-10-3/h5,8,10H,6H2,1-4H3. The maximum atomic E-state index is 5.64. The molecule has 1 aromatic heterocycles. The van der Waals surface area contributed by atoms with E-state index < -0.39 is 0 Å². The van der Waals surface area contributed by atoms with E-state index in [0.29, 0.717) is 0 Å². The Labute approximate surface area is 78.9 Å². The lowest BCUT2D eigenvalue weighted by Gasteiger charge is -2.13. The van der Waals surface area contributed by atoms with E-state index >= 15 is 0 Å². The van der Waals surface area contributed by atoms with Crippen molar-refractivity contribution in [3.8, 4) is 5.88 Å². The Balaban J connectivity index is 2.57. The first-order valence-corrected chi connectivity index (χ1v) is 4.45. The van der Waals surface area contributed by atoms with Gasteiger partial charge in [-0.2, -0.15) is 5.10 Å². The molecular weight excluding hydrogens is 166 g/mol. The van der Waals surface area contributed by atoms with E-state index in [4.69, 9.17) is 4.74 Å². The number of ether oxygens (including phenoxy) is 1. The SMILES string of the molecule is CNCC(C)Oc1cc(C)nn1C. The molecule has 0 aliphatic carbocycles. The smallest absolute Gasteiger partial charge is 0.212 e. The molecule has 0 aromatic carbocycles. The number of hydrogen-bond donors (Lipinski definition) is 1. The first kappa shape index (κ1) is 10.1. The third kappa shape index (κ3) is 2.73. The third-order valence-electron chi connectivity index (χ3n) is 1.77. The van der Waals surface area contributed by atoms with Crippen LogP contribution in [0.25, 0.3) is 0 Å². The molecule has 1 N–H and O–H groups in total. The second-order valence-corrected chi connectivity index (χ2v) is 3.23. The fourth-order valence-electron chi connectivity index (χ4n) is 1.23. The van der Waals surface area contributed by atoms with Gasteiger partial charge in [-0.3, -0.25) is 0 Å². The Morgan fingerprint density at radius 1 is 1.69 bits per heavy atom. The monoisotopic (exact) mass is 183 g/mol. The maximum absolute atomic E-state index is 5.64. The van der Waals surface area contributed by atoms with Gasteiger partial charge in [0, 0.05) is 19.7 Å². The van der Waals surface area contributed by atoms with Gasteiger partial charge < -0.3 is 10.1 Å². The highest BCUT2D eigenvalue weighted by Crippen LogP contribution is 2.12. The van der Waals surface area contributed by atoms with Crippen LogP contribution in [0.2, 0.25) is 0 Å². The molecule has 1 unspecified atom stereocenters. The lowest BCUT2D eigenvalue weighted by atomic mass is 10.4. The van der Waals surface area contributed by atoms with Crippen LogP contribution in [-0.4, -0.2) is 29.5 Å². The Morgan fingerprint density at radius 2 is 2.38 bits per heavy atom. The van der Waals surface area contributed by atoms with E-state index in [9.17, 15) is 0 Å². The van der Waals surface area contributed by atoms with Gasteiger partial charge in [0.2, 0.25) is 5.88 Å². The predicted molar refractivity (Wildman–Crippen MR) is 52.0 cm³/mol. The normalized spacial score (nSPS) is 12.9. The highest BCUT2D eigenvalue weighted by atomic mass is 16.5. The summed E-state index contributed by atoms with van der Waals surface area (Å²) in [5, 5.41) is 7.25. The lowest BCUT2D eigenvalue weighted by Crippen LogP contribution is -2.26. The minimum atomic E-state index is 0.166. The number of nitrogens with zero attached hydrogens (tertiary/aromatic N) is 2. The van der Waals surface area contributed by atoms with Crippen LogP contribution in [0.15, 0.2) is 6.07 Å². The molecule has 0 saturated carbocycles. The summed E-state index contributed by atoms with van der Waals surface area (Å²) in [6.07, 6.45) is 0.166. The number of nitrogens with one attached hydrogen (secondary N) is 1. The van der Waals surface area contributed by atoms with Crippen LogP contribution >= 0.6 is 0 Å². The first-order chi connectivity index (χ1) is 6.13. The molecule has 0 bridgehead atoms. The van der Waals surface area contributed by atoms with E-state index in [1.54, 1.807) is 4.68 Å². The molecule has 0 radical (unpaired) electrons. The molecule has 4 nitrogen and oxygen atoms in total. The number of rotatable bonds is 4. The Bertz CT molecular complexity index is 270. The van der Waals surface area contributed by atoms with Crippen molar-refractivity contribution < 1.29 is 4.74 Å². The van der Waals surface area contributed by atoms with Gasteiger partial charge in [0.15, 0.2) is 0 Å². The fourth-order valence-corrected chi connectivity index (χ4v) is 1.23. The zero-order valence-corrected chi connectivity index (χ0v) is 8.66. The molecule has 0 fully saturated rings. The minimum absolute atomic E-state index is 0.166. The third-order valence-corrected chi connectivity index (χ3v) is 1.77. The number of hydrogen-bond acceptors (Lipinski definition) is 3. The van der Waals surface area contributed by atoms with Gasteiger partial charge in [0.05, 0.1) is 5.69 Å². The van der Waals surface area contributed by atoms with E-state index in [0.717, 1.165) is 18.1 Å². The highest BCUT2D eigenvalue weighted by molar-refractivity contribution is 5.14. The van der Waals surface area contributed by atoms with Crippen molar-refractivity contribution >= 4 is 0 Å². The molecule has 0 saturated heterocycles. The molecule has 0 amide bonds. The number of likely N-dealkylation sites (N-methyl/N-ethyl adjacent to an activating group) is 1. The van der Waals surface area contributed by atoms with Crippen molar-refractivity contribution in [3.05, 3.63) is 11.8 Å². The molecule has 1 atom stereocenters. The van der Waals surface area contributed by atoms with Gasteiger partial charge in [0.25, 0.3) is 0 Å². The van der Waals surface area contributed by atoms with Crippen molar-refractivity contribution in [3.63, 3.8) is 0 Å².